The highest BCUT2D eigenvalue weighted by atomic mass is 35.5. The van der Waals surface area contributed by atoms with Gasteiger partial charge in [0.25, 0.3) is 0 Å². The van der Waals surface area contributed by atoms with Crippen molar-refractivity contribution in [2.45, 2.75) is 24.8 Å². The summed E-state index contributed by atoms with van der Waals surface area (Å²) in [5.41, 5.74) is 1.58. The molecule has 2 heterocycles. The molecule has 0 bridgehead atoms. The Hall–Kier alpha value is -1.26. The maximum absolute atomic E-state index is 12.3. The Labute approximate surface area is 127 Å². The average Bonchev–Trinajstić information content (AvgIpc) is 2.93. The molecule has 20 heavy (non-hydrogen) atoms. The number of alkyl halides is 1. The highest BCUT2D eigenvalue weighted by molar-refractivity contribution is 6.35. The van der Waals surface area contributed by atoms with Crippen LogP contribution in [0.3, 0.4) is 0 Å². The molecule has 3 rings (SSSR count). The van der Waals surface area contributed by atoms with Crippen LogP contribution >= 0.6 is 23.2 Å². The molecule has 1 fully saturated rings. The number of hydrogen-bond donors (Lipinski definition) is 0. The number of nitrogens with zero attached hydrogens (tertiary/aromatic N) is 3. The van der Waals surface area contributed by atoms with E-state index in [2.05, 4.69) is 4.98 Å². The van der Waals surface area contributed by atoms with Gasteiger partial charge in [0, 0.05) is 13.6 Å². The first kappa shape index (κ1) is 13.7. The lowest BCUT2D eigenvalue weighted by molar-refractivity contribution is -0.129. The first-order valence-corrected chi connectivity index (χ1v) is 7.37. The van der Waals surface area contributed by atoms with E-state index in [1.807, 2.05) is 30.7 Å². The molecule has 0 radical (unpaired) electrons. The highest BCUT2D eigenvalue weighted by Crippen LogP contribution is 2.34. The van der Waals surface area contributed by atoms with Crippen LogP contribution in [0.1, 0.15) is 30.6 Å². The Balaban J connectivity index is 2.25. The summed E-state index contributed by atoms with van der Waals surface area (Å²) >= 11 is 12.4. The first-order valence-electron chi connectivity index (χ1n) is 6.56. The highest BCUT2D eigenvalue weighted by Gasteiger charge is 2.34. The zero-order valence-corrected chi connectivity index (χ0v) is 12.8. The van der Waals surface area contributed by atoms with Crippen LogP contribution in [-0.4, -0.2) is 34.0 Å². The zero-order chi connectivity index (χ0) is 14.4. The number of rotatable bonds is 2. The molecule has 1 aromatic heterocycles. The molecule has 1 aliphatic rings. The van der Waals surface area contributed by atoms with Gasteiger partial charge in [0.05, 0.1) is 15.9 Å². The van der Waals surface area contributed by atoms with Gasteiger partial charge in [0.15, 0.2) is 0 Å². The summed E-state index contributed by atoms with van der Waals surface area (Å²) in [5.74, 6) is 0.797. The van der Waals surface area contributed by atoms with Crippen LogP contribution in [0.15, 0.2) is 18.2 Å². The molecule has 2 unspecified atom stereocenters. The van der Waals surface area contributed by atoms with E-state index in [0.29, 0.717) is 16.4 Å². The van der Waals surface area contributed by atoms with Gasteiger partial charge in [-0.05, 0) is 25.5 Å². The smallest absolute Gasteiger partial charge is 0.245 e. The second kappa shape index (κ2) is 4.93. The Morgan fingerprint density at radius 1 is 1.45 bits per heavy atom. The van der Waals surface area contributed by atoms with Gasteiger partial charge in [-0.15, -0.1) is 11.6 Å². The zero-order valence-electron chi connectivity index (χ0n) is 11.3. The molecule has 4 nitrogen and oxygen atoms in total. The molecule has 0 spiro atoms. The molecule has 1 aliphatic heterocycles. The topological polar surface area (TPSA) is 38.1 Å². The van der Waals surface area contributed by atoms with E-state index in [1.165, 1.54) is 0 Å². The largest absolute Gasteiger partial charge is 0.344 e. The van der Waals surface area contributed by atoms with Gasteiger partial charge in [0.2, 0.25) is 5.91 Å². The van der Waals surface area contributed by atoms with Gasteiger partial charge in [-0.1, -0.05) is 17.7 Å². The predicted molar refractivity (Wildman–Crippen MR) is 80.3 cm³/mol. The number of carbonyl (C=O) groups is 1. The van der Waals surface area contributed by atoms with Crippen LogP contribution in [0, 0.1) is 0 Å². The summed E-state index contributed by atoms with van der Waals surface area (Å²) in [6, 6.07) is 5.36. The van der Waals surface area contributed by atoms with Crippen molar-refractivity contribution in [1.82, 2.24) is 14.5 Å². The van der Waals surface area contributed by atoms with Crippen LogP contribution in [0.25, 0.3) is 11.0 Å². The maximum Gasteiger partial charge on any atom is 0.245 e. The molecule has 6 heteroatoms. The quantitative estimate of drug-likeness (QED) is 0.797. The van der Waals surface area contributed by atoms with Crippen molar-refractivity contribution in [3.8, 4) is 0 Å². The molecule has 0 aliphatic carbocycles. The number of likely N-dealkylation sites (N-methyl/N-ethyl adjacent to an activating group) is 1. The lowest BCUT2D eigenvalue weighted by Gasteiger charge is -2.16. The SMILES string of the molecule is CC(Cl)c1nc2c(Cl)cccc2n1C1CCN(C)C1=O. The minimum atomic E-state index is -0.280. The van der Waals surface area contributed by atoms with Crippen molar-refractivity contribution >= 4 is 40.1 Å². The van der Waals surface area contributed by atoms with E-state index in [0.717, 1.165) is 18.5 Å². The number of imidazole rings is 1. The van der Waals surface area contributed by atoms with E-state index in [-0.39, 0.29) is 17.3 Å². The minimum Gasteiger partial charge on any atom is -0.344 e. The van der Waals surface area contributed by atoms with Crippen LogP contribution in [-0.2, 0) is 4.79 Å². The number of hydrogen-bond acceptors (Lipinski definition) is 2. The lowest BCUT2D eigenvalue weighted by atomic mass is 10.2. The fraction of sp³-hybridized carbons (Fsp3) is 0.429. The number of likely N-dealkylation sites (tertiary alicyclic amines) is 1. The molecular weight excluding hydrogens is 297 g/mol. The standard InChI is InChI=1S/C14H15Cl2N3O/c1-8(15)13-17-12-9(16)4-3-5-10(12)19(13)11-6-7-18(2)14(11)20/h3-5,8,11H,6-7H2,1-2H3. The van der Waals surface area contributed by atoms with E-state index in [4.69, 9.17) is 23.2 Å². The third kappa shape index (κ3) is 1.98. The second-order valence-corrected chi connectivity index (χ2v) is 6.19. The summed E-state index contributed by atoms with van der Waals surface area (Å²) in [5, 5.41) is 0.302. The van der Waals surface area contributed by atoms with E-state index >= 15 is 0 Å². The summed E-state index contributed by atoms with van der Waals surface area (Å²) in [7, 11) is 1.82. The number of fused-ring (bicyclic) bond motifs is 1. The number of aromatic nitrogens is 2. The Bertz CT molecular complexity index is 680. The monoisotopic (exact) mass is 311 g/mol. The molecular formula is C14H15Cl2N3O. The minimum absolute atomic E-state index is 0.0999. The van der Waals surface area contributed by atoms with E-state index in [9.17, 15) is 4.79 Å². The van der Waals surface area contributed by atoms with Gasteiger partial charge in [-0.2, -0.15) is 0 Å². The third-order valence-corrected chi connectivity index (χ3v) is 4.27. The van der Waals surface area contributed by atoms with Gasteiger partial charge in [0.1, 0.15) is 17.4 Å². The van der Waals surface area contributed by atoms with Crippen LogP contribution in [0.2, 0.25) is 5.02 Å². The van der Waals surface area contributed by atoms with Gasteiger partial charge >= 0.3 is 0 Å². The molecule has 2 aromatic rings. The number of amides is 1. The summed E-state index contributed by atoms with van der Waals surface area (Å²) in [6.45, 7) is 2.61. The average molecular weight is 312 g/mol. The Morgan fingerprint density at radius 2 is 2.20 bits per heavy atom. The third-order valence-electron chi connectivity index (χ3n) is 3.76. The van der Waals surface area contributed by atoms with Crippen LogP contribution in [0.4, 0.5) is 0 Å². The lowest BCUT2D eigenvalue weighted by Crippen LogP contribution is -2.25. The Morgan fingerprint density at radius 3 is 2.80 bits per heavy atom. The van der Waals surface area contributed by atoms with Crippen LogP contribution in [0.5, 0.6) is 0 Å². The van der Waals surface area contributed by atoms with Crippen LogP contribution < -0.4 is 0 Å². The molecule has 0 N–H and O–H groups in total. The van der Waals surface area contributed by atoms with Crippen molar-refractivity contribution in [3.63, 3.8) is 0 Å². The van der Waals surface area contributed by atoms with Crippen molar-refractivity contribution in [2.24, 2.45) is 0 Å². The summed E-state index contributed by atoms with van der Waals surface area (Å²) in [4.78, 5) is 18.6. The molecule has 106 valence electrons. The number of halogens is 2. The molecule has 1 aromatic carbocycles. The van der Waals surface area contributed by atoms with Crippen molar-refractivity contribution < 1.29 is 4.79 Å². The van der Waals surface area contributed by atoms with E-state index in [1.54, 1.807) is 11.0 Å². The molecule has 2 atom stereocenters. The fourth-order valence-corrected chi connectivity index (χ4v) is 3.12. The summed E-state index contributed by atoms with van der Waals surface area (Å²) < 4.78 is 1.95. The normalized spacial score (nSPS) is 20.9. The number of para-hydroxylation sites is 1. The number of benzene rings is 1. The van der Waals surface area contributed by atoms with Gasteiger partial charge in [-0.3, -0.25) is 4.79 Å². The van der Waals surface area contributed by atoms with E-state index < -0.39 is 0 Å². The van der Waals surface area contributed by atoms with Gasteiger partial charge in [-0.25, -0.2) is 4.98 Å². The van der Waals surface area contributed by atoms with Gasteiger partial charge < -0.3 is 9.47 Å². The first-order chi connectivity index (χ1) is 9.50. The molecule has 0 saturated carbocycles. The Kier molecular flexibility index (Phi) is 3.38. The fourth-order valence-electron chi connectivity index (χ4n) is 2.75. The molecule has 1 saturated heterocycles. The maximum atomic E-state index is 12.3. The predicted octanol–water partition coefficient (Wildman–Crippen LogP) is 3.39. The molecule has 1 amide bonds. The van der Waals surface area contributed by atoms with Crippen molar-refractivity contribution in [3.05, 3.63) is 29.0 Å². The van der Waals surface area contributed by atoms with Crippen molar-refractivity contribution in [2.75, 3.05) is 13.6 Å². The number of carbonyl (C=O) groups excluding carboxylic acids is 1. The van der Waals surface area contributed by atoms with Crippen molar-refractivity contribution in [1.29, 1.82) is 0 Å². The second-order valence-electron chi connectivity index (χ2n) is 5.13. The summed E-state index contributed by atoms with van der Waals surface area (Å²) in [6.07, 6.45) is 0.768.